The minimum Gasteiger partial charge on any atom is -0.389 e. The van der Waals surface area contributed by atoms with Crippen molar-refractivity contribution in [1.82, 2.24) is 0 Å². The van der Waals surface area contributed by atoms with Gasteiger partial charge in [-0.2, -0.15) is 0 Å². The van der Waals surface area contributed by atoms with Crippen molar-refractivity contribution in [2.75, 3.05) is 0 Å². The summed E-state index contributed by atoms with van der Waals surface area (Å²) in [5, 5.41) is 10.4. The lowest BCUT2D eigenvalue weighted by molar-refractivity contribution is 0.0439. The molecule has 1 heteroatoms. The zero-order valence-electron chi connectivity index (χ0n) is 9.09. The van der Waals surface area contributed by atoms with E-state index in [0.29, 0.717) is 0 Å². The monoisotopic (exact) mass is 200 g/mol. The molecule has 0 bridgehead atoms. The van der Waals surface area contributed by atoms with Gasteiger partial charge in [0.05, 0.1) is 5.60 Å². The summed E-state index contributed by atoms with van der Waals surface area (Å²) in [5.41, 5.74) is 2.04. The lowest BCUT2D eigenvalue weighted by Crippen LogP contribution is -2.28. The maximum atomic E-state index is 10.4. The zero-order chi connectivity index (χ0) is 10.7. The highest BCUT2D eigenvalue weighted by Gasteiger charge is 2.33. The highest BCUT2D eigenvalue weighted by atomic mass is 16.3. The number of fused-ring (bicyclic) bond motifs is 1. The molecule has 0 atom stereocenters. The van der Waals surface area contributed by atoms with Gasteiger partial charge in [0.2, 0.25) is 0 Å². The van der Waals surface area contributed by atoms with Gasteiger partial charge in [-0.1, -0.05) is 24.3 Å². The van der Waals surface area contributed by atoms with Gasteiger partial charge in [0.15, 0.2) is 0 Å². The summed E-state index contributed by atoms with van der Waals surface area (Å²) in [6.45, 7) is 1.84. The van der Waals surface area contributed by atoms with Crippen LogP contribution in [-0.4, -0.2) is 10.7 Å². The van der Waals surface area contributed by atoms with Crippen molar-refractivity contribution < 1.29 is 5.11 Å². The first-order valence-electron chi connectivity index (χ1n) is 5.42. The second kappa shape index (κ2) is 4.08. The smallest absolute Gasteiger partial charge is 0.0737 e. The van der Waals surface area contributed by atoms with Crippen LogP contribution in [0.25, 0.3) is 0 Å². The molecule has 0 saturated heterocycles. The van der Waals surface area contributed by atoms with Gasteiger partial charge < -0.3 is 5.11 Å². The Morgan fingerprint density at radius 3 is 2.40 bits per heavy atom. The molecule has 15 heavy (non-hydrogen) atoms. The summed E-state index contributed by atoms with van der Waals surface area (Å²) in [7, 11) is 0. The van der Waals surface area contributed by atoms with E-state index in [4.69, 9.17) is 0 Å². The molecular formula is C14H16O. The van der Waals surface area contributed by atoms with E-state index in [1.807, 2.05) is 19.1 Å². The first kappa shape index (κ1) is 10.3. The van der Waals surface area contributed by atoms with Crippen molar-refractivity contribution >= 4 is 0 Å². The molecule has 1 N–H and O–H groups in total. The molecule has 0 saturated carbocycles. The molecule has 0 aromatic heterocycles. The molecule has 0 heterocycles. The van der Waals surface area contributed by atoms with Gasteiger partial charge in [0.1, 0.15) is 0 Å². The van der Waals surface area contributed by atoms with Crippen molar-refractivity contribution in [3.05, 3.63) is 35.4 Å². The molecule has 0 spiro atoms. The van der Waals surface area contributed by atoms with Crippen molar-refractivity contribution in [1.29, 1.82) is 0 Å². The van der Waals surface area contributed by atoms with E-state index >= 15 is 0 Å². The van der Waals surface area contributed by atoms with Crippen molar-refractivity contribution in [3.63, 3.8) is 0 Å². The molecule has 1 nitrogen and oxygen atoms in total. The van der Waals surface area contributed by atoms with Gasteiger partial charge in [-0.3, -0.25) is 0 Å². The van der Waals surface area contributed by atoms with Crippen LogP contribution >= 0.6 is 0 Å². The highest BCUT2D eigenvalue weighted by molar-refractivity contribution is 5.35. The van der Waals surface area contributed by atoms with Gasteiger partial charge in [-0.25, -0.2) is 0 Å². The molecule has 1 aliphatic rings. The number of benzene rings is 1. The van der Waals surface area contributed by atoms with Gasteiger partial charge in [-0.05, 0) is 24.5 Å². The SMILES string of the molecule is CC#CCCC1(O)Cc2ccccc2C1. The Morgan fingerprint density at radius 1 is 1.27 bits per heavy atom. The van der Waals surface area contributed by atoms with Crippen LogP contribution < -0.4 is 0 Å². The van der Waals surface area contributed by atoms with Crippen LogP contribution in [0.3, 0.4) is 0 Å². The molecule has 0 aliphatic heterocycles. The Bertz CT molecular complexity index is 384. The van der Waals surface area contributed by atoms with Crippen LogP contribution in [0.1, 0.15) is 30.9 Å². The Morgan fingerprint density at radius 2 is 1.87 bits per heavy atom. The summed E-state index contributed by atoms with van der Waals surface area (Å²) in [4.78, 5) is 0. The number of hydrogen-bond acceptors (Lipinski definition) is 1. The van der Waals surface area contributed by atoms with E-state index in [0.717, 1.165) is 25.7 Å². The van der Waals surface area contributed by atoms with Crippen LogP contribution in [0.5, 0.6) is 0 Å². The molecule has 0 unspecified atom stereocenters. The Balaban J connectivity index is 2.06. The summed E-state index contributed by atoms with van der Waals surface area (Å²) < 4.78 is 0. The first-order valence-corrected chi connectivity index (χ1v) is 5.42. The van der Waals surface area contributed by atoms with E-state index < -0.39 is 5.60 Å². The summed E-state index contributed by atoms with van der Waals surface area (Å²) >= 11 is 0. The lowest BCUT2D eigenvalue weighted by atomic mass is 9.94. The normalized spacial score (nSPS) is 16.7. The van der Waals surface area contributed by atoms with Gasteiger partial charge >= 0.3 is 0 Å². The minimum absolute atomic E-state index is 0.548. The number of rotatable bonds is 2. The third-order valence-electron chi connectivity index (χ3n) is 3.05. The molecule has 2 rings (SSSR count). The van der Waals surface area contributed by atoms with Crippen molar-refractivity contribution in [2.45, 2.75) is 38.2 Å². The molecule has 1 aromatic carbocycles. The fourth-order valence-corrected chi connectivity index (χ4v) is 2.27. The molecule has 1 aliphatic carbocycles. The maximum absolute atomic E-state index is 10.4. The average molecular weight is 200 g/mol. The number of hydrogen-bond donors (Lipinski definition) is 1. The molecule has 0 radical (unpaired) electrons. The van der Waals surface area contributed by atoms with Crippen LogP contribution in [0.2, 0.25) is 0 Å². The predicted molar refractivity (Wildman–Crippen MR) is 61.5 cm³/mol. The second-order valence-corrected chi connectivity index (χ2v) is 4.27. The fraction of sp³-hybridized carbons (Fsp3) is 0.429. The van der Waals surface area contributed by atoms with Crippen molar-refractivity contribution in [2.24, 2.45) is 0 Å². The Kier molecular flexibility index (Phi) is 2.79. The van der Waals surface area contributed by atoms with E-state index in [1.54, 1.807) is 0 Å². The second-order valence-electron chi connectivity index (χ2n) is 4.27. The fourth-order valence-electron chi connectivity index (χ4n) is 2.27. The molecule has 1 aromatic rings. The Hall–Kier alpha value is -1.26. The topological polar surface area (TPSA) is 20.2 Å². The van der Waals surface area contributed by atoms with Gasteiger partial charge in [0.25, 0.3) is 0 Å². The van der Waals surface area contributed by atoms with Crippen molar-refractivity contribution in [3.8, 4) is 11.8 Å². The van der Waals surface area contributed by atoms with Crippen LogP contribution in [0.4, 0.5) is 0 Å². The molecular weight excluding hydrogens is 184 g/mol. The predicted octanol–water partition coefficient (Wildman–Crippen LogP) is 2.32. The van der Waals surface area contributed by atoms with E-state index in [1.165, 1.54) is 11.1 Å². The van der Waals surface area contributed by atoms with E-state index in [9.17, 15) is 5.11 Å². The minimum atomic E-state index is -0.548. The summed E-state index contributed by atoms with van der Waals surface area (Å²) in [5.74, 6) is 5.89. The van der Waals surface area contributed by atoms with E-state index in [-0.39, 0.29) is 0 Å². The summed E-state index contributed by atoms with van der Waals surface area (Å²) in [6.07, 6.45) is 3.15. The maximum Gasteiger partial charge on any atom is 0.0737 e. The quantitative estimate of drug-likeness (QED) is 0.726. The highest BCUT2D eigenvalue weighted by Crippen LogP contribution is 2.32. The first-order chi connectivity index (χ1) is 7.23. The third kappa shape index (κ3) is 2.22. The standard InChI is InChI=1S/C14H16O/c1-2-3-6-9-14(15)10-12-7-4-5-8-13(12)11-14/h4-5,7-8,15H,6,9-11H2,1H3. The zero-order valence-corrected chi connectivity index (χ0v) is 9.09. The van der Waals surface area contributed by atoms with Crippen LogP contribution in [0.15, 0.2) is 24.3 Å². The largest absolute Gasteiger partial charge is 0.389 e. The third-order valence-corrected chi connectivity index (χ3v) is 3.05. The lowest BCUT2D eigenvalue weighted by Gasteiger charge is -2.20. The van der Waals surface area contributed by atoms with Crippen LogP contribution in [-0.2, 0) is 12.8 Å². The van der Waals surface area contributed by atoms with Gasteiger partial charge in [-0.15, -0.1) is 11.8 Å². The average Bonchev–Trinajstić information content (AvgIpc) is 2.54. The number of aliphatic hydroxyl groups is 1. The van der Waals surface area contributed by atoms with E-state index in [2.05, 4.69) is 24.0 Å². The van der Waals surface area contributed by atoms with Crippen LogP contribution in [0, 0.1) is 11.8 Å². The Labute approximate surface area is 91.1 Å². The molecule has 78 valence electrons. The molecule has 0 fully saturated rings. The summed E-state index contributed by atoms with van der Waals surface area (Å²) in [6, 6.07) is 8.30. The molecule has 0 amide bonds. The van der Waals surface area contributed by atoms with Gasteiger partial charge in [0, 0.05) is 19.3 Å².